The monoisotopic (exact) mass is 506 g/mol. The molecule has 0 radical (unpaired) electrons. The summed E-state index contributed by atoms with van der Waals surface area (Å²) in [4.78, 5) is 6.58. The van der Waals surface area contributed by atoms with Crippen LogP contribution in [0.5, 0.6) is 5.75 Å². The molecule has 0 fully saturated rings. The normalized spacial score (nSPS) is 13.5. The number of hydrogen-bond acceptors (Lipinski definition) is 5. The first-order chi connectivity index (χ1) is 14.5. The second-order valence-corrected chi connectivity index (χ2v) is 10.8. The van der Waals surface area contributed by atoms with Gasteiger partial charge in [-0.05, 0) is 36.4 Å². The number of fused-ring (bicyclic) bond motifs is 2. The lowest BCUT2D eigenvalue weighted by atomic mass is 10.3. The molecule has 0 aromatic heterocycles. The molecule has 164 valence electrons. The minimum Gasteiger partial charge on any atom is -0.741 e. The van der Waals surface area contributed by atoms with Crippen LogP contribution in [0.4, 0.5) is 13.2 Å². The van der Waals surface area contributed by atoms with Gasteiger partial charge in [0.1, 0.15) is 16.6 Å². The number of halogens is 4. The number of rotatable bonds is 2. The summed E-state index contributed by atoms with van der Waals surface area (Å²) in [5, 5.41) is 0.658. The van der Waals surface area contributed by atoms with Crippen LogP contribution in [-0.2, 0) is 21.0 Å². The second kappa shape index (κ2) is 9.33. The van der Waals surface area contributed by atoms with Gasteiger partial charge in [-0.1, -0.05) is 47.6 Å². The van der Waals surface area contributed by atoms with Crippen LogP contribution >= 0.6 is 23.4 Å². The fourth-order valence-electron chi connectivity index (χ4n) is 2.67. The van der Waals surface area contributed by atoms with E-state index in [1.54, 1.807) is 7.11 Å². The number of ether oxygens (including phenoxy) is 1. The zero-order chi connectivity index (χ0) is 22.8. The van der Waals surface area contributed by atoms with Crippen molar-refractivity contribution in [3.05, 3.63) is 71.8 Å². The lowest BCUT2D eigenvalue weighted by molar-refractivity contribution is -0.0517. The fourth-order valence-corrected chi connectivity index (χ4v) is 6.76. The summed E-state index contributed by atoms with van der Waals surface area (Å²) in [5.74, 6) is 0.715. The molecule has 0 saturated heterocycles. The molecule has 1 aliphatic heterocycles. The standard InChI is InChI=1S/C19H14ClOS2.CHF3O3S/c1-21-15-11-10-13(12-14(15)20)23-18-8-4-2-6-16(18)22-17-7-3-5-9-19(17)23;2-1(3,4)8(5,6)7/h2-12H,1H3;(H,5,6,7)/q+1;/p-1. The van der Waals surface area contributed by atoms with Gasteiger partial charge in [-0.25, -0.2) is 8.42 Å². The Morgan fingerprint density at radius 2 is 1.45 bits per heavy atom. The molecule has 11 heteroatoms. The predicted octanol–water partition coefficient (Wildman–Crippen LogP) is 5.96. The molecular weight excluding hydrogens is 493 g/mol. The van der Waals surface area contributed by atoms with Gasteiger partial charge in [0.25, 0.3) is 0 Å². The van der Waals surface area contributed by atoms with Gasteiger partial charge in [0.05, 0.1) is 21.9 Å². The Kier molecular flexibility index (Phi) is 7.17. The molecule has 0 unspecified atom stereocenters. The van der Waals surface area contributed by atoms with Crippen molar-refractivity contribution in [2.75, 3.05) is 7.11 Å². The van der Waals surface area contributed by atoms with Crippen molar-refractivity contribution in [1.29, 1.82) is 0 Å². The Hall–Kier alpha value is -1.85. The quantitative estimate of drug-likeness (QED) is 0.191. The van der Waals surface area contributed by atoms with Crippen LogP contribution in [-0.4, -0.2) is 25.6 Å². The molecule has 0 amide bonds. The van der Waals surface area contributed by atoms with Crippen LogP contribution in [0, 0.1) is 0 Å². The molecule has 4 nitrogen and oxygen atoms in total. The first kappa shape index (κ1) is 23.8. The van der Waals surface area contributed by atoms with Crippen molar-refractivity contribution in [3.63, 3.8) is 0 Å². The van der Waals surface area contributed by atoms with E-state index in [0.29, 0.717) is 10.8 Å². The summed E-state index contributed by atoms with van der Waals surface area (Å²) in [6.45, 7) is 0. The minimum atomic E-state index is -6.09. The first-order valence-corrected chi connectivity index (χ1v) is 12.3. The van der Waals surface area contributed by atoms with E-state index < -0.39 is 15.6 Å². The average Bonchev–Trinajstić information content (AvgIpc) is 2.71. The molecule has 31 heavy (non-hydrogen) atoms. The summed E-state index contributed by atoms with van der Waals surface area (Å²) >= 11 is 8.22. The largest absolute Gasteiger partial charge is 0.741 e. The van der Waals surface area contributed by atoms with Gasteiger partial charge in [0, 0.05) is 6.07 Å². The molecule has 0 bridgehead atoms. The molecule has 1 heterocycles. The highest BCUT2D eigenvalue weighted by Crippen LogP contribution is 2.48. The van der Waals surface area contributed by atoms with Gasteiger partial charge < -0.3 is 9.29 Å². The van der Waals surface area contributed by atoms with E-state index in [0.717, 1.165) is 0 Å². The zero-order valence-corrected chi connectivity index (χ0v) is 18.9. The maximum atomic E-state index is 10.7. The van der Waals surface area contributed by atoms with Crippen LogP contribution in [0.3, 0.4) is 0 Å². The molecule has 0 spiro atoms. The highest BCUT2D eigenvalue weighted by Gasteiger charge is 2.38. The SMILES string of the molecule is COc1ccc([S+]2c3ccccc3Sc3ccccc32)cc1Cl.O=S(=O)([O-])C(F)(F)F. The van der Waals surface area contributed by atoms with E-state index in [1.165, 1.54) is 24.5 Å². The molecule has 1 aliphatic rings. The summed E-state index contributed by atoms with van der Waals surface area (Å²) in [5.41, 5.74) is -5.65. The van der Waals surface area contributed by atoms with Crippen LogP contribution in [0.2, 0.25) is 5.02 Å². The third kappa shape index (κ3) is 5.32. The summed E-state index contributed by atoms with van der Waals surface area (Å²) in [7, 11) is -4.59. The first-order valence-electron chi connectivity index (χ1n) is 8.49. The lowest BCUT2D eigenvalue weighted by Gasteiger charge is -2.19. The lowest BCUT2D eigenvalue weighted by Crippen LogP contribution is -2.21. The topological polar surface area (TPSA) is 66.4 Å². The number of alkyl halides is 3. The van der Waals surface area contributed by atoms with Crippen molar-refractivity contribution in [2.45, 2.75) is 30.0 Å². The Balaban J connectivity index is 0.000000293. The van der Waals surface area contributed by atoms with E-state index in [2.05, 4.69) is 54.6 Å². The van der Waals surface area contributed by atoms with Gasteiger partial charge in [0.15, 0.2) is 24.8 Å². The van der Waals surface area contributed by atoms with Crippen molar-refractivity contribution in [1.82, 2.24) is 0 Å². The molecule has 0 atom stereocenters. The summed E-state index contributed by atoms with van der Waals surface area (Å²) < 4.78 is 64.2. The predicted molar refractivity (Wildman–Crippen MR) is 113 cm³/mol. The van der Waals surface area contributed by atoms with Crippen LogP contribution in [0.1, 0.15) is 0 Å². The van der Waals surface area contributed by atoms with Gasteiger partial charge in [-0.2, -0.15) is 13.2 Å². The Bertz CT molecular complexity index is 1150. The van der Waals surface area contributed by atoms with Crippen molar-refractivity contribution >= 4 is 44.4 Å². The maximum absolute atomic E-state index is 10.7. The Morgan fingerprint density at radius 3 is 1.87 bits per heavy atom. The molecule has 0 N–H and O–H groups in total. The smallest absolute Gasteiger partial charge is 0.485 e. The summed E-state index contributed by atoms with van der Waals surface area (Å²) in [6, 6.07) is 23.4. The molecule has 3 aromatic carbocycles. The Morgan fingerprint density at radius 1 is 0.968 bits per heavy atom. The number of hydrogen-bond donors (Lipinski definition) is 0. The third-order valence-electron chi connectivity index (χ3n) is 4.00. The van der Waals surface area contributed by atoms with Gasteiger partial charge in [0.2, 0.25) is 0 Å². The van der Waals surface area contributed by atoms with E-state index >= 15 is 0 Å². The van der Waals surface area contributed by atoms with Crippen LogP contribution in [0.15, 0.2) is 91.2 Å². The van der Waals surface area contributed by atoms with Gasteiger partial charge in [-0.15, -0.1) is 0 Å². The average molecular weight is 507 g/mol. The number of benzene rings is 3. The van der Waals surface area contributed by atoms with Gasteiger partial charge in [-0.3, -0.25) is 0 Å². The molecule has 0 saturated carbocycles. The van der Waals surface area contributed by atoms with Crippen LogP contribution in [0.25, 0.3) is 0 Å². The second-order valence-electron chi connectivity index (χ2n) is 6.00. The highest BCUT2D eigenvalue weighted by molar-refractivity contribution is 8.04. The molecule has 3 aromatic rings. The molecule has 0 aliphatic carbocycles. The highest BCUT2D eigenvalue weighted by atomic mass is 35.5. The molecule has 4 rings (SSSR count). The van der Waals surface area contributed by atoms with E-state index in [4.69, 9.17) is 29.3 Å². The summed E-state index contributed by atoms with van der Waals surface area (Å²) in [6.07, 6.45) is 0. The van der Waals surface area contributed by atoms with Crippen LogP contribution < -0.4 is 4.74 Å². The van der Waals surface area contributed by atoms with E-state index in [9.17, 15) is 13.2 Å². The van der Waals surface area contributed by atoms with Crippen molar-refractivity contribution in [2.24, 2.45) is 0 Å². The fraction of sp³-hybridized carbons (Fsp3) is 0.100. The van der Waals surface area contributed by atoms with Crippen molar-refractivity contribution in [3.8, 4) is 5.75 Å². The minimum absolute atomic E-state index is 0.139. The molecular formula is C20H14ClF3O4S3. The van der Waals surface area contributed by atoms with Gasteiger partial charge >= 0.3 is 5.51 Å². The number of methoxy groups -OCH3 is 1. The van der Waals surface area contributed by atoms with E-state index in [-0.39, 0.29) is 10.9 Å². The maximum Gasteiger partial charge on any atom is 0.485 e. The Labute approximate surface area is 189 Å². The van der Waals surface area contributed by atoms with Crippen molar-refractivity contribution < 1.29 is 30.9 Å². The van der Waals surface area contributed by atoms with E-state index in [1.807, 2.05) is 23.9 Å². The zero-order valence-electron chi connectivity index (χ0n) is 15.7. The third-order valence-corrected chi connectivity index (χ3v) is 8.59.